The van der Waals surface area contributed by atoms with Gasteiger partial charge in [0, 0.05) is 42.2 Å². The Morgan fingerprint density at radius 3 is 2.49 bits per heavy atom. The zero-order chi connectivity index (χ0) is 25.2. The third kappa shape index (κ3) is 5.89. The van der Waals surface area contributed by atoms with E-state index >= 15 is 0 Å². The Balaban J connectivity index is 1.78. The van der Waals surface area contributed by atoms with E-state index in [9.17, 15) is 5.21 Å². The van der Waals surface area contributed by atoms with E-state index in [1.54, 1.807) is 0 Å². The lowest BCUT2D eigenvalue weighted by Crippen LogP contribution is -2.60. The van der Waals surface area contributed by atoms with Gasteiger partial charge in [-0.15, -0.1) is 11.8 Å². The topological polar surface area (TPSA) is 56.2 Å². The zero-order valence-electron chi connectivity index (χ0n) is 21.5. The Morgan fingerprint density at radius 2 is 1.86 bits per heavy atom. The molecule has 8 heteroatoms. The Bertz CT molecular complexity index is 1180. The molecule has 188 valence electrons. The fourth-order valence-corrected chi connectivity index (χ4v) is 5.60. The average molecular weight is 512 g/mol. The molecule has 0 spiro atoms. The van der Waals surface area contributed by atoms with Gasteiger partial charge in [0.2, 0.25) is 0 Å². The number of piperazine rings is 1. The molecule has 1 N–H and O–H groups in total. The first kappa shape index (κ1) is 26.1. The summed E-state index contributed by atoms with van der Waals surface area (Å²) < 4.78 is 2.93. The predicted molar refractivity (Wildman–Crippen MR) is 152 cm³/mol. The van der Waals surface area contributed by atoms with Crippen molar-refractivity contribution >= 4 is 45.8 Å². The first-order valence-corrected chi connectivity index (χ1v) is 13.8. The van der Waals surface area contributed by atoms with Crippen molar-refractivity contribution in [1.29, 1.82) is 0 Å². The normalized spacial score (nSPS) is 16.5. The van der Waals surface area contributed by atoms with Crippen LogP contribution in [0.25, 0.3) is 11.0 Å². The summed E-state index contributed by atoms with van der Waals surface area (Å²) in [5.41, 5.74) is 4.31. The van der Waals surface area contributed by atoms with Gasteiger partial charge in [0.05, 0.1) is 36.9 Å². The molecule has 1 aliphatic heterocycles. The number of thioether (sulfide) groups is 1. The Hall–Kier alpha value is -1.97. The van der Waals surface area contributed by atoms with Crippen LogP contribution in [0.5, 0.6) is 0 Å². The molecule has 0 aliphatic carbocycles. The van der Waals surface area contributed by atoms with E-state index in [-0.39, 0.29) is 5.41 Å². The molecule has 1 aliphatic rings. The van der Waals surface area contributed by atoms with Crippen LogP contribution in [0.4, 0.5) is 5.69 Å². The van der Waals surface area contributed by atoms with E-state index in [1.807, 2.05) is 11.8 Å². The highest BCUT2D eigenvalue weighted by Crippen LogP contribution is 2.36. The smallest absolute Gasteiger partial charge is 0.274 e. The molecule has 0 radical (unpaired) electrons. The number of thiocarbonyl (C=S) groups is 1. The Kier molecular flexibility index (Phi) is 7.88. The molecule has 0 unspecified atom stereocenters. The van der Waals surface area contributed by atoms with Crippen LogP contribution >= 0.6 is 24.0 Å². The van der Waals surface area contributed by atoms with Crippen LogP contribution in [0.15, 0.2) is 47.4 Å². The molecular formula is C27H37N5OS2. The fraction of sp³-hybridized carbons (Fsp3) is 0.481. The highest BCUT2D eigenvalue weighted by molar-refractivity contribution is 7.99. The maximum absolute atomic E-state index is 11.8. The maximum Gasteiger partial charge on any atom is 0.274 e. The van der Waals surface area contributed by atoms with Gasteiger partial charge < -0.3 is 20.2 Å². The number of fused-ring (bicyclic) bond motifs is 1. The third-order valence-corrected chi connectivity index (χ3v) is 8.39. The van der Waals surface area contributed by atoms with Crippen LogP contribution < -0.4 is 5.32 Å². The quantitative estimate of drug-likeness (QED) is 0.255. The van der Waals surface area contributed by atoms with Crippen molar-refractivity contribution in [2.24, 2.45) is 0 Å². The SMILES string of the molecule is CCCSc1cc2nc(C(C)(C)C)n(Cc3ccccc3)c2cc1NC(=S)[N+]1(C)CCN([O-])CC1. The van der Waals surface area contributed by atoms with Crippen molar-refractivity contribution in [2.75, 3.05) is 44.3 Å². The van der Waals surface area contributed by atoms with Crippen molar-refractivity contribution < 1.29 is 4.48 Å². The molecule has 2 heterocycles. The number of hydrogen-bond donors (Lipinski definition) is 1. The highest BCUT2D eigenvalue weighted by atomic mass is 32.2. The summed E-state index contributed by atoms with van der Waals surface area (Å²) in [6, 6.07) is 15.0. The summed E-state index contributed by atoms with van der Waals surface area (Å²) in [6.45, 7) is 12.1. The van der Waals surface area contributed by atoms with E-state index in [1.165, 1.54) is 10.5 Å². The lowest BCUT2D eigenvalue weighted by molar-refractivity contribution is -0.823. The van der Waals surface area contributed by atoms with E-state index in [2.05, 4.69) is 87.1 Å². The second kappa shape index (κ2) is 10.6. The molecule has 1 aromatic heterocycles. The van der Waals surface area contributed by atoms with Gasteiger partial charge in [-0.05, 0) is 29.9 Å². The van der Waals surface area contributed by atoms with Crippen LogP contribution in [0, 0.1) is 5.21 Å². The summed E-state index contributed by atoms with van der Waals surface area (Å²) in [4.78, 5) is 6.29. The lowest BCUT2D eigenvalue weighted by atomic mass is 9.95. The van der Waals surface area contributed by atoms with E-state index in [0.717, 1.165) is 64.5 Å². The van der Waals surface area contributed by atoms with Crippen molar-refractivity contribution in [3.05, 3.63) is 59.1 Å². The second-order valence-electron chi connectivity index (χ2n) is 10.6. The van der Waals surface area contributed by atoms with Crippen molar-refractivity contribution in [3.8, 4) is 0 Å². The summed E-state index contributed by atoms with van der Waals surface area (Å²) in [5, 5.41) is 17.2. The monoisotopic (exact) mass is 511 g/mol. The van der Waals surface area contributed by atoms with Crippen LogP contribution in [-0.2, 0) is 12.0 Å². The first-order chi connectivity index (χ1) is 16.6. The van der Waals surface area contributed by atoms with Crippen LogP contribution in [0.2, 0.25) is 0 Å². The number of quaternary nitrogens is 1. The molecule has 35 heavy (non-hydrogen) atoms. The minimum Gasteiger partial charge on any atom is -0.785 e. The third-order valence-electron chi connectivity index (χ3n) is 6.58. The number of anilines is 1. The number of hydrogen-bond acceptors (Lipinski definition) is 5. The molecule has 3 aromatic rings. The number of rotatable bonds is 6. The number of imidazole rings is 1. The maximum atomic E-state index is 11.8. The van der Waals surface area contributed by atoms with Gasteiger partial charge in [-0.3, -0.25) is 4.48 Å². The highest BCUT2D eigenvalue weighted by Gasteiger charge is 2.32. The minimum absolute atomic E-state index is 0.0932. The fourth-order valence-electron chi connectivity index (χ4n) is 4.42. The molecular weight excluding hydrogens is 474 g/mol. The summed E-state index contributed by atoms with van der Waals surface area (Å²) >= 11 is 7.75. The van der Waals surface area contributed by atoms with Crippen molar-refractivity contribution in [2.45, 2.75) is 51.0 Å². The number of aromatic nitrogens is 2. The number of nitrogens with one attached hydrogen (secondary N) is 1. The van der Waals surface area contributed by atoms with Gasteiger partial charge in [0.1, 0.15) is 5.82 Å². The van der Waals surface area contributed by atoms with Gasteiger partial charge in [-0.1, -0.05) is 58.0 Å². The molecule has 1 saturated heterocycles. The largest absolute Gasteiger partial charge is 0.785 e. The molecule has 0 atom stereocenters. The van der Waals surface area contributed by atoms with Crippen LogP contribution in [0.3, 0.4) is 0 Å². The van der Waals surface area contributed by atoms with Gasteiger partial charge in [0.25, 0.3) is 5.11 Å². The number of nitrogens with zero attached hydrogens (tertiary/aromatic N) is 4. The number of likely N-dealkylation sites (N-methyl/N-ethyl adjacent to an activating group) is 1. The molecule has 0 bridgehead atoms. The standard InChI is InChI=1S/C27H37N5OS2/c1-6-16-35-24-18-21-23(17-22(24)29-26(34)32(5)14-12-30(33)13-15-32)31(25(28-21)27(2,3)4)19-20-10-8-7-9-11-20/h7-11,17-18H,6,12-16,19H2,1-5H3,(H,29,34). The van der Waals surface area contributed by atoms with Gasteiger partial charge in [0.15, 0.2) is 0 Å². The van der Waals surface area contributed by atoms with Crippen molar-refractivity contribution in [3.63, 3.8) is 0 Å². The molecule has 4 rings (SSSR count). The lowest BCUT2D eigenvalue weighted by Gasteiger charge is -2.43. The molecule has 1 fully saturated rings. The molecule has 0 saturated carbocycles. The molecule has 0 amide bonds. The summed E-state index contributed by atoms with van der Waals surface area (Å²) in [6.07, 6.45) is 1.09. The van der Waals surface area contributed by atoms with Gasteiger partial charge in [-0.2, -0.15) is 0 Å². The number of hydroxylamine groups is 2. The number of benzene rings is 2. The van der Waals surface area contributed by atoms with Crippen molar-refractivity contribution in [1.82, 2.24) is 14.6 Å². The Morgan fingerprint density at radius 1 is 1.17 bits per heavy atom. The van der Waals surface area contributed by atoms with E-state index in [4.69, 9.17) is 17.2 Å². The van der Waals surface area contributed by atoms with E-state index in [0.29, 0.717) is 17.6 Å². The van der Waals surface area contributed by atoms with Crippen LogP contribution in [-0.4, -0.2) is 63.2 Å². The Labute approximate surface area is 218 Å². The molecule has 2 aromatic carbocycles. The molecule has 6 nitrogen and oxygen atoms in total. The van der Waals surface area contributed by atoms with Gasteiger partial charge >= 0.3 is 0 Å². The zero-order valence-corrected chi connectivity index (χ0v) is 23.1. The van der Waals surface area contributed by atoms with E-state index < -0.39 is 0 Å². The second-order valence-corrected chi connectivity index (χ2v) is 12.2. The average Bonchev–Trinajstić information content (AvgIpc) is 3.18. The minimum atomic E-state index is -0.0932. The summed E-state index contributed by atoms with van der Waals surface area (Å²) in [7, 11) is 2.12. The summed E-state index contributed by atoms with van der Waals surface area (Å²) in [5.74, 6) is 2.11. The predicted octanol–water partition coefficient (Wildman–Crippen LogP) is 5.84. The van der Waals surface area contributed by atoms with Crippen LogP contribution in [0.1, 0.15) is 45.5 Å². The van der Waals surface area contributed by atoms with Gasteiger partial charge in [-0.25, -0.2) is 4.98 Å². The first-order valence-electron chi connectivity index (χ1n) is 12.4.